The fourth-order valence-electron chi connectivity index (χ4n) is 2.47. The molecular weight excluding hydrogens is 241 g/mol. The van der Waals surface area contributed by atoms with E-state index in [2.05, 4.69) is 12.2 Å². The van der Waals surface area contributed by atoms with Crippen molar-refractivity contribution >= 4 is 11.4 Å². The monoisotopic (exact) mass is 258 g/mol. The Hall–Kier alpha value is -1.39. The maximum Gasteiger partial charge on any atom is 0.418 e. The highest BCUT2D eigenvalue weighted by Crippen LogP contribution is 2.36. The van der Waals surface area contributed by atoms with E-state index >= 15 is 0 Å². The molecule has 0 aliphatic heterocycles. The van der Waals surface area contributed by atoms with E-state index in [1.807, 2.05) is 0 Å². The van der Waals surface area contributed by atoms with Crippen LogP contribution in [0.3, 0.4) is 0 Å². The number of benzene rings is 1. The third kappa shape index (κ3) is 2.71. The van der Waals surface area contributed by atoms with Gasteiger partial charge in [0, 0.05) is 17.4 Å². The highest BCUT2D eigenvalue weighted by atomic mass is 19.4. The van der Waals surface area contributed by atoms with Crippen LogP contribution >= 0.6 is 0 Å². The average Bonchev–Trinajstić information content (AvgIpc) is 2.66. The molecular formula is C13H17F3N2. The van der Waals surface area contributed by atoms with Crippen LogP contribution in [0.4, 0.5) is 24.5 Å². The molecule has 1 fully saturated rings. The second-order valence-electron chi connectivity index (χ2n) is 4.96. The van der Waals surface area contributed by atoms with Crippen molar-refractivity contribution in [2.45, 2.75) is 38.4 Å². The molecule has 2 rings (SSSR count). The van der Waals surface area contributed by atoms with Crippen LogP contribution in [0.15, 0.2) is 18.2 Å². The molecule has 100 valence electrons. The summed E-state index contributed by atoms with van der Waals surface area (Å²) in [7, 11) is 0. The number of nitrogens with one attached hydrogen (secondary N) is 1. The van der Waals surface area contributed by atoms with Crippen LogP contribution in [-0.4, -0.2) is 6.04 Å². The van der Waals surface area contributed by atoms with Gasteiger partial charge in [-0.05, 0) is 37.0 Å². The molecule has 1 aromatic rings. The first-order chi connectivity index (χ1) is 8.38. The van der Waals surface area contributed by atoms with Crippen LogP contribution in [-0.2, 0) is 6.18 Å². The summed E-state index contributed by atoms with van der Waals surface area (Å²) < 4.78 is 38.1. The molecule has 3 N–H and O–H groups in total. The molecule has 1 saturated carbocycles. The summed E-state index contributed by atoms with van der Waals surface area (Å²) >= 11 is 0. The summed E-state index contributed by atoms with van der Waals surface area (Å²) in [6.45, 7) is 2.12. The van der Waals surface area contributed by atoms with Crippen molar-refractivity contribution in [3.05, 3.63) is 23.8 Å². The summed E-state index contributed by atoms with van der Waals surface area (Å²) in [6, 6.07) is 4.27. The van der Waals surface area contributed by atoms with E-state index in [0.29, 0.717) is 11.6 Å². The van der Waals surface area contributed by atoms with Gasteiger partial charge in [-0.15, -0.1) is 0 Å². The van der Waals surface area contributed by atoms with Crippen LogP contribution in [0.1, 0.15) is 31.7 Å². The normalized spacial score (nSPS) is 24.2. The average molecular weight is 258 g/mol. The summed E-state index contributed by atoms with van der Waals surface area (Å²) in [6.07, 6.45) is -1.14. The second kappa shape index (κ2) is 4.71. The van der Waals surface area contributed by atoms with E-state index in [0.717, 1.165) is 25.3 Å². The second-order valence-corrected chi connectivity index (χ2v) is 4.96. The highest BCUT2D eigenvalue weighted by Gasteiger charge is 2.33. The first kappa shape index (κ1) is 13.1. The number of alkyl halides is 3. The Morgan fingerprint density at radius 1 is 1.28 bits per heavy atom. The molecule has 1 aromatic carbocycles. The van der Waals surface area contributed by atoms with E-state index in [1.54, 1.807) is 6.07 Å². The van der Waals surface area contributed by atoms with Gasteiger partial charge in [0.25, 0.3) is 0 Å². The Morgan fingerprint density at radius 2 is 2.00 bits per heavy atom. The first-order valence-corrected chi connectivity index (χ1v) is 6.11. The van der Waals surface area contributed by atoms with Crippen LogP contribution in [0, 0.1) is 5.92 Å². The zero-order chi connectivity index (χ0) is 13.3. The zero-order valence-corrected chi connectivity index (χ0v) is 10.2. The van der Waals surface area contributed by atoms with Crippen molar-refractivity contribution in [3.63, 3.8) is 0 Å². The quantitative estimate of drug-likeness (QED) is 0.790. The van der Waals surface area contributed by atoms with Gasteiger partial charge in [-0.3, -0.25) is 0 Å². The number of hydrogen-bond acceptors (Lipinski definition) is 2. The molecule has 0 radical (unpaired) electrons. The minimum Gasteiger partial charge on any atom is -0.398 e. The van der Waals surface area contributed by atoms with E-state index in [9.17, 15) is 13.2 Å². The summed E-state index contributed by atoms with van der Waals surface area (Å²) in [4.78, 5) is 0. The summed E-state index contributed by atoms with van der Waals surface area (Å²) in [5.74, 6) is 0.497. The third-order valence-electron chi connectivity index (χ3n) is 3.57. The van der Waals surface area contributed by atoms with Gasteiger partial charge in [0.1, 0.15) is 0 Å². The lowest BCUT2D eigenvalue weighted by atomic mass is 10.1. The fraction of sp³-hybridized carbons (Fsp3) is 0.538. The Morgan fingerprint density at radius 3 is 2.56 bits per heavy atom. The number of halogens is 3. The predicted octanol–water partition coefficient (Wildman–Crippen LogP) is 3.89. The molecule has 5 heteroatoms. The molecule has 1 aliphatic rings. The molecule has 0 amide bonds. The first-order valence-electron chi connectivity index (χ1n) is 6.11. The number of nitrogens with two attached hydrogens (primary N) is 1. The van der Waals surface area contributed by atoms with Gasteiger partial charge >= 0.3 is 6.18 Å². The van der Waals surface area contributed by atoms with Gasteiger partial charge in [-0.25, -0.2) is 0 Å². The molecule has 0 bridgehead atoms. The smallest absolute Gasteiger partial charge is 0.398 e. The van der Waals surface area contributed by atoms with Crippen molar-refractivity contribution in [2.75, 3.05) is 11.1 Å². The fourth-order valence-corrected chi connectivity index (χ4v) is 2.47. The van der Waals surface area contributed by atoms with Crippen molar-refractivity contribution in [3.8, 4) is 0 Å². The number of anilines is 2. The Kier molecular flexibility index (Phi) is 3.41. The molecule has 0 saturated heterocycles. The minimum atomic E-state index is -4.40. The van der Waals surface area contributed by atoms with Gasteiger partial charge < -0.3 is 11.1 Å². The number of hydrogen-bond donors (Lipinski definition) is 2. The van der Waals surface area contributed by atoms with Crippen molar-refractivity contribution in [1.29, 1.82) is 0 Å². The standard InChI is InChI=1S/C13H17F3N2/c1-8-3-2-4-12(8)18-9-5-6-11(17)10(7-9)13(14,15)16/h5-8,12,18H,2-4,17H2,1H3. The SMILES string of the molecule is CC1CCCC1Nc1ccc(N)c(C(F)(F)F)c1. The number of nitrogen functional groups attached to an aromatic ring is 1. The van der Waals surface area contributed by atoms with Crippen LogP contribution in [0.25, 0.3) is 0 Å². The molecule has 0 heterocycles. The Labute approximate surface area is 104 Å². The van der Waals surface area contributed by atoms with Crippen LogP contribution in [0.2, 0.25) is 0 Å². The van der Waals surface area contributed by atoms with Crippen molar-refractivity contribution < 1.29 is 13.2 Å². The van der Waals surface area contributed by atoms with Crippen molar-refractivity contribution in [1.82, 2.24) is 0 Å². The molecule has 2 nitrogen and oxygen atoms in total. The predicted molar refractivity (Wildman–Crippen MR) is 66.3 cm³/mol. The molecule has 0 spiro atoms. The lowest BCUT2D eigenvalue weighted by Crippen LogP contribution is -2.22. The molecule has 18 heavy (non-hydrogen) atoms. The van der Waals surface area contributed by atoms with E-state index in [1.165, 1.54) is 6.07 Å². The largest absolute Gasteiger partial charge is 0.418 e. The molecule has 2 atom stereocenters. The Balaban J connectivity index is 2.19. The molecule has 1 aliphatic carbocycles. The van der Waals surface area contributed by atoms with E-state index in [-0.39, 0.29) is 11.7 Å². The topological polar surface area (TPSA) is 38.0 Å². The lowest BCUT2D eigenvalue weighted by Gasteiger charge is -2.20. The number of rotatable bonds is 2. The van der Waals surface area contributed by atoms with Crippen molar-refractivity contribution in [2.24, 2.45) is 5.92 Å². The van der Waals surface area contributed by atoms with Crippen LogP contribution < -0.4 is 11.1 Å². The summed E-state index contributed by atoms with van der Waals surface area (Å²) in [5, 5.41) is 3.17. The van der Waals surface area contributed by atoms with Gasteiger partial charge in [0.15, 0.2) is 0 Å². The maximum atomic E-state index is 12.7. The van der Waals surface area contributed by atoms with Gasteiger partial charge in [-0.1, -0.05) is 13.3 Å². The van der Waals surface area contributed by atoms with Crippen LogP contribution in [0.5, 0.6) is 0 Å². The lowest BCUT2D eigenvalue weighted by molar-refractivity contribution is -0.136. The maximum absolute atomic E-state index is 12.7. The molecule has 0 aromatic heterocycles. The molecule has 2 unspecified atom stereocenters. The van der Waals surface area contributed by atoms with E-state index in [4.69, 9.17) is 5.73 Å². The summed E-state index contributed by atoms with van der Waals surface area (Å²) in [5.41, 5.74) is 4.86. The highest BCUT2D eigenvalue weighted by molar-refractivity contribution is 5.58. The Bertz CT molecular complexity index is 429. The van der Waals surface area contributed by atoms with Gasteiger partial charge in [-0.2, -0.15) is 13.2 Å². The third-order valence-corrected chi connectivity index (χ3v) is 3.57. The van der Waals surface area contributed by atoms with Gasteiger partial charge in [0.05, 0.1) is 5.56 Å². The van der Waals surface area contributed by atoms with E-state index < -0.39 is 11.7 Å². The van der Waals surface area contributed by atoms with Gasteiger partial charge in [0.2, 0.25) is 0 Å². The zero-order valence-electron chi connectivity index (χ0n) is 10.2. The minimum absolute atomic E-state index is 0.229.